The molecule has 0 saturated carbocycles. The highest BCUT2D eigenvalue weighted by atomic mass is 19.2. The third kappa shape index (κ3) is 5.85. The summed E-state index contributed by atoms with van der Waals surface area (Å²) >= 11 is 0. The van der Waals surface area contributed by atoms with Crippen LogP contribution in [0, 0.1) is 23.5 Å². The highest BCUT2D eigenvalue weighted by Crippen LogP contribution is 2.15. The Labute approximate surface area is 113 Å². The fourth-order valence-electron chi connectivity index (χ4n) is 1.74. The number of unbranched alkanes of at least 4 members (excludes halogenated alkanes) is 3. The highest BCUT2D eigenvalue weighted by Gasteiger charge is 2.15. The van der Waals surface area contributed by atoms with Crippen molar-refractivity contribution in [3.05, 3.63) is 35.4 Å². The molecule has 1 unspecified atom stereocenters. The summed E-state index contributed by atoms with van der Waals surface area (Å²) in [5.74, 6) is 3.59. The van der Waals surface area contributed by atoms with Crippen molar-refractivity contribution in [2.75, 3.05) is 0 Å². The van der Waals surface area contributed by atoms with E-state index in [1.54, 1.807) is 6.92 Å². The molecule has 1 aromatic rings. The number of hydrogen-bond acceptors (Lipinski definition) is 1. The predicted molar refractivity (Wildman–Crippen MR) is 72.6 cm³/mol. The van der Waals surface area contributed by atoms with E-state index in [2.05, 4.69) is 18.8 Å². The molecule has 0 fully saturated rings. The summed E-state index contributed by atoms with van der Waals surface area (Å²) in [4.78, 5) is 0. The molecule has 1 N–H and O–H groups in total. The first-order chi connectivity index (χ1) is 8.94. The topological polar surface area (TPSA) is 20.2 Å². The van der Waals surface area contributed by atoms with Crippen LogP contribution < -0.4 is 0 Å². The van der Waals surface area contributed by atoms with Crippen molar-refractivity contribution in [1.82, 2.24) is 0 Å². The fraction of sp³-hybridized carbons (Fsp3) is 0.500. The van der Waals surface area contributed by atoms with Crippen molar-refractivity contribution < 1.29 is 13.9 Å². The van der Waals surface area contributed by atoms with Gasteiger partial charge in [-0.3, -0.25) is 0 Å². The van der Waals surface area contributed by atoms with E-state index in [0.717, 1.165) is 37.8 Å². The Bertz CT molecular complexity index is 469. The van der Waals surface area contributed by atoms with Crippen molar-refractivity contribution in [1.29, 1.82) is 0 Å². The van der Waals surface area contributed by atoms with Crippen molar-refractivity contribution in [3.63, 3.8) is 0 Å². The van der Waals surface area contributed by atoms with E-state index in [4.69, 9.17) is 0 Å². The number of aliphatic hydroxyl groups is 1. The molecule has 1 rings (SSSR count). The molecular formula is C16H20F2O. The number of hydrogen-bond donors (Lipinski definition) is 1. The van der Waals surface area contributed by atoms with Crippen LogP contribution in [-0.4, -0.2) is 10.7 Å². The molecule has 0 aliphatic rings. The first-order valence-electron chi connectivity index (χ1n) is 6.65. The summed E-state index contributed by atoms with van der Waals surface area (Å²) in [5.41, 5.74) is -0.716. The SMILES string of the molecule is CCCCCCC(C)(O)C#Cc1ccc(F)c(F)c1. The molecule has 0 bridgehead atoms. The molecule has 3 heteroatoms. The molecule has 1 nitrogen and oxygen atoms in total. The highest BCUT2D eigenvalue weighted by molar-refractivity contribution is 5.36. The quantitative estimate of drug-likeness (QED) is 0.630. The Balaban J connectivity index is 2.61. The van der Waals surface area contributed by atoms with Gasteiger partial charge in [-0.25, -0.2) is 8.78 Å². The lowest BCUT2D eigenvalue weighted by Gasteiger charge is -2.15. The lowest BCUT2D eigenvalue weighted by atomic mass is 9.98. The van der Waals surface area contributed by atoms with Gasteiger partial charge in [-0.2, -0.15) is 0 Å². The van der Waals surface area contributed by atoms with Gasteiger partial charge in [-0.1, -0.05) is 38.0 Å². The van der Waals surface area contributed by atoms with E-state index >= 15 is 0 Å². The van der Waals surface area contributed by atoms with Gasteiger partial charge >= 0.3 is 0 Å². The summed E-state index contributed by atoms with van der Waals surface area (Å²) in [7, 11) is 0. The van der Waals surface area contributed by atoms with Crippen LogP contribution in [0.4, 0.5) is 8.78 Å². The van der Waals surface area contributed by atoms with Gasteiger partial charge in [-0.15, -0.1) is 0 Å². The zero-order chi connectivity index (χ0) is 14.3. The normalized spacial score (nSPS) is 13.5. The monoisotopic (exact) mass is 266 g/mol. The second kappa shape index (κ2) is 7.25. The lowest BCUT2D eigenvalue weighted by Crippen LogP contribution is -2.21. The molecule has 0 spiro atoms. The zero-order valence-corrected chi connectivity index (χ0v) is 11.5. The smallest absolute Gasteiger partial charge is 0.160 e. The average molecular weight is 266 g/mol. The predicted octanol–water partition coefficient (Wildman–Crippen LogP) is 4.04. The third-order valence-corrected chi connectivity index (χ3v) is 2.91. The van der Waals surface area contributed by atoms with Crippen molar-refractivity contribution >= 4 is 0 Å². The third-order valence-electron chi connectivity index (χ3n) is 2.91. The molecule has 0 heterocycles. The fourth-order valence-corrected chi connectivity index (χ4v) is 1.74. The summed E-state index contributed by atoms with van der Waals surface area (Å²) in [6.45, 7) is 3.77. The van der Waals surface area contributed by atoms with Crippen LogP contribution in [0.3, 0.4) is 0 Å². The zero-order valence-electron chi connectivity index (χ0n) is 11.5. The Morgan fingerprint density at radius 3 is 2.53 bits per heavy atom. The molecule has 0 radical (unpaired) electrons. The first-order valence-corrected chi connectivity index (χ1v) is 6.65. The van der Waals surface area contributed by atoms with Gasteiger partial charge in [0.05, 0.1) is 0 Å². The molecule has 19 heavy (non-hydrogen) atoms. The minimum absolute atomic E-state index is 0.368. The minimum Gasteiger partial charge on any atom is -0.378 e. The van der Waals surface area contributed by atoms with Gasteiger partial charge in [-0.05, 0) is 38.0 Å². The Morgan fingerprint density at radius 1 is 1.16 bits per heavy atom. The van der Waals surface area contributed by atoms with Gasteiger partial charge in [0.1, 0.15) is 5.60 Å². The molecule has 0 amide bonds. The van der Waals surface area contributed by atoms with E-state index in [1.807, 2.05) is 0 Å². The van der Waals surface area contributed by atoms with Gasteiger partial charge in [0.25, 0.3) is 0 Å². The van der Waals surface area contributed by atoms with Gasteiger partial charge in [0.15, 0.2) is 11.6 Å². The van der Waals surface area contributed by atoms with Crippen molar-refractivity contribution in [3.8, 4) is 11.8 Å². The maximum Gasteiger partial charge on any atom is 0.160 e. The van der Waals surface area contributed by atoms with Crippen molar-refractivity contribution in [2.24, 2.45) is 0 Å². The largest absolute Gasteiger partial charge is 0.378 e. The van der Waals surface area contributed by atoms with Crippen LogP contribution in [0.25, 0.3) is 0 Å². The Morgan fingerprint density at radius 2 is 1.89 bits per heavy atom. The van der Waals surface area contributed by atoms with Crippen LogP contribution in [0.1, 0.15) is 51.5 Å². The van der Waals surface area contributed by atoms with Crippen LogP contribution in [0.15, 0.2) is 18.2 Å². The van der Waals surface area contributed by atoms with E-state index in [0.29, 0.717) is 12.0 Å². The second-order valence-electron chi connectivity index (χ2n) is 4.96. The average Bonchev–Trinajstić information content (AvgIpc) is 2.36. The van der Waals surface area contributed by atoms with Crippen LogP contribution in [0.5, 0.6) is 0 Å². The summed E-state index contributed by atoms with van der Waals surface area (Å²) in [5, 5.41) is 10.1. The van der Waals surface area contributed by atoms with Gasteiger partial charge in [0, 0.05) is 5.56 Å². The second-order valence-corrected chi connectivity index (χ2v) is 4.96. The lowest BCUT2D eigenvalue weighted by molar-refractivity contribution is 0.109. The van der Waals surface area contributed by atoms with Gasteiger partial charge in [0.2, 0.25) is 0 Å². The minimum atomic E-state index is -1.08. The number of rotatable bonds is 5. The molecule has 0 saturated heterocycles. The van der Waals surface area contributed by atoms with E-state index in [1.165, 1.54) is 6.07 Å². The Kier molecular flexibility index (Phi) is 5.98. The summed E-state index contributed by atoms with van der Waals surface area (Å²) in [6.07, 6.45) is 4.85. The summed E-state index contributed by atoms with van der Waals surface area (Å²) < 4.78 is 25.7. The standard InChI is InChI=1S/C16H20F2O/c1-3-4-5-6-10-16(2,19)11-9-13-7-8-14(17)15(18)12-13/h7-8,12,19H,3-6,10H2,1-2H3. The molecule has 0 aromatic heterocycles. The maximum atomic E-state index is 13.0. The van der Waals surface area contributed by atoms with Crippen LogP contribution in [-0.2, 0) is 0 Å². The first kappa shape index (κ1) is 15.7. The van der Waals surface area contributed by atoms with E-state index in [-0.39, 0.29) is 0 Å². The molecule has 0 aliphatic carbocycles. The van der Waals surface area contributed by atoms with E-state index in [9.17, 15) is 13.9 Å². The maximum absolute atomic E-state index is 13.0. The molecule has 1 atom stereocenters. The van der Waals surface area contributed by atoms with E-state index < -0.39 is 17.2 Å². The molecule has 104 valence electrons. The van der Waals surface area contributed by atoms with Crippen molar-refractivity contribution in [2.45, 2.75) is 51.6 Å². The summed E-state index contributed by atoms with van der Waals surface area (Å²) in [6, 6.07) is 3.48. The number of halogens is 2. The molecular weight excluding hydrogens is 246 g/mol. The van der Waals surface area contributed by atoms with Crippen LogP contribution >= 0.6 is 0 Å². The molecule has 0 aliphatic heterocycles. The Hall–Kier alpha value is -1.40. The van der Waals surface area contributed by atoms with Crippen LogP contribution in [0.2, 0.25) is 0 Å². The van der Waals surface area contributed by atoms with Gasteiger partial charge < -0.3 is 5.11 Å². The number of benzene rings is 1. The molecule has 1 aromatic carbocycles.